The van der Waals surface area contributed by atoms with E-state index in [-0.39, 0.29) is 24.2 Å². The number of carbonyl (C=O) groups excluding carboxylic acids is 1. The number of thioether (sulfide) groups is 1. The van der Waals surface area contributed by atoms with Gasteiger partial charge in [0.05, 0.1) is 24.9 Å². The number of aryl methyl sites for hydroxylation is 1. The van der Waals surface area contributed by atoms with Crippen LogP contribution < -0.4 is 20.9 Å². The number of anilines is 1. The fourth-order valence-corrected chi connectivity index (χ4v) is 5.18. The number of nitrogens with zero attached hydrogens (tertiary/aromatic N) is 3. The molecule has 3 N–H and O–H groups in total. The molecule has 2 aromatic carbocycles. The van der Waals surface area contributed by atoms with Gasteiger partial charge in [0.15, 0.2) is 5.17 Å². The second kappa shape index (κ2) is 8.99. The summed E-state index contributed by atoms with van der Waals surface area (Å²) in [7, 11) is 1.68. The molecule has 9 heteroatoms. The Morgan fingerprint density at radius 2 is 2.03 bits per heavy atom. The first-order valence-corrected chi connectivity index (χ1v) is 12.0. The van der Waals surface area contributed by atoms with Gasteiger partial charge in [0.25, 0.3) is 0 Å². The van der Waals surface area contributed by atoms with Gasteiger partial charge in [-0.2, -0.15) is 5.10 Å². The first-order chi connectivity index (χ1) is 16.0. The standard InChI is InChI=1S/C24H28N6O2S/c1-15-5-4-6-19(16(15)2)25-22(31)14-33-24-27-26-23-21-13-20(28-30(21)12-11-29(23)24)17-7-9-18(32-3)10-8-17/h4-12,20-21,23,26,28H,13-14H2,1-3H3,(H,25,31). The van der Waals surface area contributed by atoms with E-state index in [1.807, 2.05) is 56.6 Å². The van der Waals surface area contributed by atoms with E-state index in [4.69, 9.17) is 4.74 Å². The number of hydrogen-bond donors (Lipinski definition) is 3. The lowest BCUT2D eigenvalue weighted by Crippen LogP contribution is -2.54. The number of hydrogen-bond acceptors (Lipinski definition) is 8. The number of fused-ring (bicyclic) bond motifs is 3. The van der Waals surface area contributed by atoms with Crippen LogP contribution in [-0.2, 0) is 4.79 Å². The van der Waals surface area contributed by atoms with Gasteiger partial charge in [-0.1, -0.05) is 36.0 Å². The smallest absolute Gasteiger partial charge is 0.234 e. The summed E-state index contributed by atoms with van der Waals surface area (Å²) < 4.78 is 5.27. The van der Waals surface area contributed by atoms with E-state index in [1.54, 1.807) is 7.11 Å². The van der Waals surface area contributed by atoms with Crippen molar-refractivity contribution in [3.8, 4) is 5.75 Å². The maximum absolute atomic E-state index is 12.5. The lowest BCUT2D eigenvalue weighted by Gasteiger charge is -2.36. The molecule has 5 rings (SSSR count). The molecule has 3 unspecified atom stereocenters. The molecule has 3 aliphatic heterocycles. The highest BCUT2D eigenvalue weighted by Gasteiger charge is 2.44. The van der Waals surface area contributed by atoms with E-state index in [0.29, 0.717) is 5.75 Å². The van der Waals surface area contributed by atoms with Crippen LogP contribution in [0.2, 0.25) is 0 Å². The van der Waals surface area contributed by atoms with Gasteiger partial charge in [0.2, 0.25) is 5.91 Å². The fourth-order valence-electron chi connectivity index (χ4n) is 4.41. The third-order valence-corrected chi connectivity index (χ3v) is 7.40. The van der Waals surface area contributed by atoms with Gasteiger partial charge < -0.3 is 20.0 Å². The molecule has 3 aliphatic rings. The normalized spacial score (nSPS) is 23.0. The number of amides is 1. The summed E-state index contributed by atoms with van der Waals surface area (Å²) >= 11 is 1.44. The van der Waals surface area contributed by atoms with Crippen molar-refractivity contribution in [3.63, 3.8) is 0 Å². The lowest BCUT2D eigenvalue weighted by molar-refractivity contribution is -0.113. The van der Waals surface area contributed by atoms with Crippen LogP contribution in [0, 0.1) is 13.8 Å². The Balaban J connectivity index is 1.18. The van der Waals surface area contributed by atoms with Crippen molar-refractivity contribution in [3.05, 3.63) is 71.6 Å². The van der Waals surface area contributed by atoms with Gasteiger partial charge in [-0.25, -0.2) is 5.43 Å². The van der Waals surface area contributed by atoms with Gasteiger partial charge >= 0.3 is 0 Å². The largest absolute Gasteiger partial charge is 0.497 e. The molecule has 0 radical (unpaired) electrons. The lowest BCUT2D eigenvalue weighted by atomic mass is 10.00. The number of hydrazine groups is 1. The van der Waals surface area contributed by atoms with E-state index in [9.17, 15) is 4.79 Å². The SMILES string of the molecule is COc1ccc(C2CC3C4NN=C(SCC(=O)Nc5cccc(C)c5C)N4C=CN3N2)cc1. The molecular weight excluding hydrogens is 436 g/mol. The molecule has 1 saturated heterocycles. The van der Waals surface area contributed by atoms with Gasteiger partial charge in [0, 0.05) is 18.1 Å². The van der Waals surface area contributed by atoms with Crippen molar-refractivity contribution in [2.24, 2.45) is 5.10 Å². The molecule has 0 aromatic heterocycles. The Kier molecular flexibility index (Phi) is 5.90. The van der Waals surface area contributed by atoms with Gasteiger partial charge in [-0.15, -0.1) is 0 Å². The average Bonchev–Trinajstić information content (AvgIpc) is 3.45. The van der Waals surface area contributed by atoms with Crippen LogP contribution in [0.3, 0.4) is 0 Å². The Bertz CT molecular complexity index is 1100. The Labute approximate surface area is 198 Å². The van der Waals surface area contributed by atoms with Crippen LogP contribution in [0.25, 0.3) is 0 Å². The van der Waals surface area contributed by atoms with Gasteiger partial charge in [-0.3, -0.25) is 10.2 Å². The minimum atomic E-state index is -0.0374. The monoisotopic (exact) mass is 464 g/mol. The van der Waals surface area contributed by atoms with E-state index < -0.39 is 0 Å². The minimum absolute atomic E-state index is 0.0235. The number of nitrogens with one attached hydrogen (secondary N) is 3. The van der Waals surface area contributed by atoms with Crippen molar-refractivity contribution in [1.29, 1.82) is 0 Å². The minimum Gasteiger partial charge on any atom is -0.497 e. The van der Waals surface area contributed by atoms with Crippen LogP contribution in [0.4, 0.5) is 5.69 Å². The average molecular weight is 465 g/mol. The molecule has 2 aromatic rings. The van der Waals surface area contributed by atoms with Gasteiger partial charge in [0.1, 0.15) is 11.9 Å². The van der Waals surface area contributed by atoms with Crippen molar-refractivity contribution in [2.45, 2.75) is 38.5 Å². The topological polar surface area (TPSA) is 81.2 Å². The molecule has 0 aliphatic carbocycles. The van der Waals surface area contributed by atoms with Crippen LogP contribution in [0.15, 0.2) is 60.0 Å². The van der Waals surface area contributed by atoms with Crippen molar-refractivity contribution in [2.75, 3.05) is 18.2 Å². The number of methoxy groups -OCH3 is 1. The second-order valence-electron chi connectivity index (χ2n) is 8.42. The summed E-state index contributed by atoms with van der Waals surface area (Å²) in [6, 6.07) is 14.6. The summed E-state index contributed by atoms with van der Waals surface area (Å²) in [6.07, 6.45) is 5.02. The predicted molar refractivity (Wildman–Crippen MR) is 131 cm³/mol. The fraction of sp³-hybridized carbons (Fsp3) is 0.333. The quantitative estimate of drug-likeness (QED) is 0.627. The molecule has 3 atom stereocenters. The molecule has 3 heterocycles. The third-order valence-electron chi connectivity index (χ3n) is 6.43. The predicted octanol–water partition coefficient (Wildman–Crippen LogP) is 3.29. The summed E-state index contributed by atoms with van der Waals surface area (Å²) in [6.45, 7) is 4.06. The highest BCUT2D eigenvalue weighted by molar-refractivity contribution is 8.14. The zero-order valence-electron chi connectivity index (χ0n) is 18.9. The number of hydrazone groups is 1. The highest BCUT2D eigenvalue weighted by atomic mass is 32.2. The maximum atomic E-state index is 12.5. The van der Waals surface area contributed by atoms with E-state index >= 15 is 0 Å². The van der Waals surface area contributed by atoms with E-state index in [1.165, 1.54) is 17.3 Å². The summed E-state index contributed by atoms with van der Waals surface area (Å²) in [4.78, 5) is 14.7. The van der Waals surface area contributed by atoms with Crippen LogP contribution >= 0.6 is 11.8 Å². The Morgan fingerprint density at radius 3 is 2.82 bits per heavy atom. The van der Waals surface area contributed by atoms with Crippen molar-refractivity contribution >= 4 is 28.5 Å². The molecule has 1 fully saturated rings. The molecule has 33 heavy (non-hydrogen) atoms. The Hall–Kier alpha value is -3.17. The van der Waals surface area contributed by atoms with E-state index in [0.717, 1.165) is 34.2 Å². The summed E-state index contributed by atoms with van der Waals surface area (Å²) in [5.74, 6) is 1.12. The van der Waals surface area contributed by atoms with Crippen LogP contribution in [0.5, 0.6) is 5.75 Å². The van der Waals surface area contributed by atoms with E-state index in [2.05, 4.69) is 43.3 Å². The first-order valence-electron chi connectivity index (χ1n) is 11.0. The van der Waals surface area contributed by atoms with Crippen LogP contribution in [0.1, 0.15) is 29.2 Å². The molecule has 8 nitrogen and oxygen atoms in total. The van der Waals surface area contributed by atoms with Gasteiger partial charge in [-0.05, 0) is 55.2 Å². The third kappa shape index (κ3) is 4.26. The number of benzene rings is 2. The number of ether oxygens (including phenoxy) is 1. The molecular formula is C24H28N6O2S. The molecule has 0 bridgehead atoms. The zero-order chi connectivity index (χ0) is 22.9. The number of rotatable bonds is 5. The summed E-state index contributed by atoms with van der Waals surface area (Å²) in [5.41, 5.74) is 11.2. The zero-order valence-corrected chi connectivity index (χ0v) is 19.7. The van der Waals surface area contributed by atoms with Crippen molar-refractivity contribution < 1.29 is 9.53 Å². The molecule has 0 spiro atoms. The number of amidine groups is 1. The molecule has 0 saturated carbocycles. The Morgan fingerprint density at radius 1 is 1.21 bits per heavy atom. The first kappa shape index (κ1) is 21.7. The van der Waals surface area contributed by atoms with Crippen LogP contribution in [-0.4, -0.2) is 46.1 Å². The molecule has 1 amide bonds. The molecule has 172 valence electrons. The van der Waals surface area contributed by atoms with Crippen molar-refractivity contribution in [1.82, 2.24) is 20.8 Å². The highest BCUT2D eigenvalue weighted by Crippen LogP contribution is 2.35. The number of carbonyl (C=O) groups is 1. The summed E-state index contributed by atoms with van der Waals surface area (Å²) in [5, 5.41) is 10.5. The second-order valence-corrected chi connectivity index (χ2v) is 9.37. The maximum Gasteiger partial charge on any atom is 0.234 e.